The molecular formula is C24H28ClN3O4. The Morgan fingerprint density at radius 3 is 2.62 bits per heavy atom. The molecule has 0 unspecified atom stereocenters. The van der Waals surface area contributed by atoms with Crippen molar-refractivity contribution in [3.05, 3.63) is 77.1 Å². The van der Waals surface area contributed by atoms with Crippen LogP contribution >= 0.6 is 11.6 Å². The minimum atomic E-state index is -0.249. The van der Waals surface area contributed by atoms with Crippen LogP contribution in [0.25, 0.3) is 0 Å². The van der Waals surface area contributed by atoms with E-state index in [0.29, 0.717) is 48.5 Å². The number of hydrogen-bond acceptors (Lipinski definition) is 4. The van der Waals surface area contributed by atoms with Crippen LogP contribution in [0.5, 0.6) is 11.5 Å². The first-order chi connectivity index (χ1) is 15.5. The van der Waals surface area contributed by atoms with E-state index in [9.17, 15) is 4.79 Å². The SMILES string of the molecule is COCCN(Cc1cccn1Cc1cccc(Cl)c1)C(=O)Nc1ccc(OC)cc1OC. The number of aromatic nitrogens is 1. The molecule has 0 saturated carbocycles. The van der Waals surface area contributed by atoms with Gasteiger partial charge in [0.15, 0.2) is 0 Å². The Morgan fingerprint density at radius 2 is 1.91 bits per heavy atom. The molecule has 32 heavy (non-hydrogen) atoms. The molecule has 3 aromatic rings. The van der Waals surface area contributed by atoms with Crippen LogP contribution in [0.15, 0.2) is 60.8 Å². The third-order valence-corrected chi connectivity index (χ3v) is 5.26. The number of rotatable bonds is 10. The zero-order valence-corrected chi connectivity index (χ0v) is 19.3. The summed E-state index contributed by atoms with van der Waals surface area (Å²) in [4.78, 5) is 14.8. The summed E-state index contributed by atoms with van der Waals surface area (Å²) in [5, 5.41) is 3.63. The van der Waals surface area contributed by atoms with Gasteiger partial charge in [0.05, 0.1) is 33.1 Å². The van der Waals surface area contributed by atoms with Gasteiger partial charge < -0.3 is 29.0 Å². The van der Waals surface area contributed by atoms with Crippen molar-refractivity contribution >= 4 is 23.3 Å². The molecule has 0 saturated heterocycles. The van der Waals surface area contributed by atoms with Gasteiger partial charge in [0.1, 0.15) is 11.5 Å². The van der Waals surface area contributed by atoms with Gasteiger partial charge in [-0.05, 0) is 42.0 Å². The highest BCUT2D eigenvalue weighted by Crippen LogP contribution is 2.29. The van der Waals surface area contributed by atoms with Crippen LogP contribution in [-0.2, 0) is 17.8 Å². The van der Waals surface area contributed by atoms with Gasteiger partial charge in [0, 0.05) is 43.2 Å². The molecule has 1 N–H and O–H groups in total. The molecule has 7 nitrogen and oxygen atoms in total. The van der Waals surface area contributed by atoms with E-state index in [-0.39, 0.29) is 6.03 Å². The zero-order valence-electron chi connectivity index (χ0n) is 18.5. The number of nitrogens with zero attached hydrogens (tertiary/aromatic N) is 2. The van der Waals surface area contributed by atoms with Gasteiger partial charge in [0.25, 0.3) is 0 Å². The lowest BCUT2D eigenvalue weighted by atomic mass is 10.2. The number of urea groups is 1. The van der Waals surface area contributed by atoms with E-state index in [0.717, 1.165) is 11.3 Å². The molecular weight excluding hydrogens is 430 g/mol. The Kier molecular flexibility index (Phi) is 8.41. The number of carbonyl (C=O) groups excluding carboxylic acids is 1. The average molecular weight is 458 g/mol. The molecule has 2 amide bonds. The molecule has 0 radical (unpaired) electrons. The van der Waals surface area contributed by atoms with Crippen LogP contribution < -0.4 is 14.8 Å². The maximum atomic E-state index is 13.1. The molecule has 2 aromatic carbocycles. The van der Waals surface area contributed by atoms with Crippen molar-refractivity contribution < 1.29 is 19.0 Å². The highest BCUT2D eigenvalue weighted by Gasteiger charge is 2.18. The van der Waals surface area contributed by atoms with Crippen molar-refractivity contribution in [1.82, 2.24) is 9.47 Å². The summed E-state index contributed by atoms with van der Waals surface area (Å²) >= 11 is 6.13. The van der Waals surface area contributed by atoms with Crippen LogP contribution in [-0.4, -0.2) is 50.0 Å². The van der Waals surface area contributed by atoms with Gasteiger partial charge in [-0.15, -0.1) is 0 Å². The molecule has 1 aromatic heterocycles. The first-order valence-electron chi connectivity index (χ1n) is 10.2. The van der Waals surface area contributed by atoms with Crippen molar-refractivity contribution in [3.8, 4) is 11.5 Å². The fourth-order valence-electron chi connectivity index (χ4n) is 3.32. The normalized spacial score (nSPS) is 10.6. The minimum Gasteiger partial charge on any atom is -0.497 e. The van der Waals surface area contributed by atoms with Crippen molar-refractivity contribution in [1.29, 1.82) is 0 Å². The van der Waals surface area contributed by atoms with E-state index in [1.807, 2.05) is 42.6 Å². The fourth-order valence-corrected chi connectivity index (χ4v) is 3.54. The number of hydrogen-bond donors (Lipinski definition) is 1. The summed E-state index contributed by atoms with van der Waals surface area (Å²) < 4.78 is 17.9. The van der Waals surface area contributed by atoms with E-state index in [1.165, 1.54) is 0 Å². The van der Waals surface area contributed by atoms with E-state index < -0.39 is 0 Å². The van der Waals surface area contributed by atoms with Gasteiger partial charge >= 0.3 is 6.03 Å². The smallest absolute Gasteiger partial charge is 0.322 e. The molecule has 0 fully saturated rings. The Hall–Kier alpha value is -3.16. The van der Waals surface area contributed by atoms with Gasteiger partial charge in [0.2, 0.25) is 0 Å². The lowest BCUT2D eigenvalue weighted by Crippen LogP contribution is -2.37. The number of nitrogens with one attached hydrogen (secondary N) is 1. The molecule has 170 valence electrons. The van der Waals surface area contributed by atoms with Crippen molar-refractivity contribution in [2.45, 2.75) is 13.1 Å². The third-order valence-electron chi connectivity index (χ3n) is 5.02. The zero-order chi connectivity index (χ0) is 22.9. The van der Waals surface area contributed by atoms with E-state index in [4.69, 9.17) is 25.8 Å². The quantitative estimate of drug-likeness (QED) is 0.471. The van der Waals surface area contributed by atoms with Crippen molar-refractivity contribution in [2.24, 2.45) is 0 Å². The van der Waals surface area contributed by atoms with E-state index in [1.54, 1.807) is 44.4 Å². The van der Waals surface area contributed by atoms with Crippen LogP contribution in [0.1, 0.15) is 11.3 Å². The summed E-state index contributed by atoms with van der Waals surface area (Å²) in [6.45, 7) is 1.93. The van der Waals surface area contributed by atoms with E-state index in [2.05, 4.69) is 9.88 Å². The Labute approximate surface area is 193 Å². The molecule has 0 aliphatic rings. The maximum absolute atomic E-state index is 13.1. The second-order valence-corrected chi connectivity index (χ2v) is 7.60. The molecule has 0 aliphatic heterocycles. The van der Waals surface area contributed by atoms with Crippen molar-refractivity contribution in [2.75, 3.05) is 39.8 Å². The van der Waals surface area contributed by atoms with Gasteiger partial charge in [-0.1, -0.05) is 23.7 Å². The molecule has 8 heteroatoms. The Bertz CT molecular complexity index is 1040. The summed E-state index contributed by atoms with van der Waals surface area (Å²) in [6, 6.07) is 16.7. The molecule has 0 aliphatic carbocycles. The highest BCUT2D eigenvalue weighted by molar-refractivity contribution is 6.30. The summed E-state index contributed by atoms with van der Waals surface area (Å²) in [5.74, 6) is 1.17. The summed E-state index contributed by atoms with van der Waals surface area (Å²) in [6.07, 6.45) is 2.00. The number of amides is 2. The lowest BCUT2D eigenvalue weighted by Gasteiger charge is -2.24. The van der Waals surface area contributed by atoms with E-state index >= 15 is 0 Å². The van der Waals surface area contributed by atoms with Gasteiger partial charge in [-0.25, -0.2) is 4.79 Å². The Balaban J connectivity index is 1.76. The number of ether oxygens (including phenoxy) is 3. The summed E-state index contributed by atoms with van der Waals surface area (Å²) in [7, 11) is 4.75. The van der Waals surface area contributed by atoms with Crippen LogP contribution in [0.4, 0.5) is 10.5 Å². The number of carbonyl (C=O) groups is 1. The fraction of sp³-hybridized carbons (Fsp3) is 0.292. The van der Waals surface area contributed by atoms with Crippen LogP contribution in [0.3, 0.4) is 0 Å². The largest absolute Gasteiger partial charge is 0.497 e. The third kappa shape index (κ3) is 6.18. The predicted octanol–water partition coefficient (Wildman–Crippen LogP) is 4.89. The minimum absolute atomic E-state index is 0.249. The lowest BCUT2D eigenvalue weighted by molar-refractivity contribution is 0.151. The standard InChI is InChI=1S/C24H28ClN3O4/c1-30-13-12-28(24(29)26-22-10-9-21(31-2)15-23(22)32-3)17-20-8-5-11-27(20)16-18-6-4-7-19(25)14-18/h4-11,14-15H,12-13,16-17H2,1-3H3,(H,26,29). The first kappa shape index (κ1) is 23.5. The number of benzene rings is 2. The first-order valence-corrected chi connectivity index (χ1v) is 10.6. The average Bonchev–Trinajstić information content (AvgIpc) is 3.23. The number of anilines is 1. The molecule has 0 atom stereocenters. The second kappa shape index (κ2) is 11.5. The topological polar surface area (TPSA) is 65.0 Å². The molecule has 0 bridgehead atoms. The Morgan fingerprint density at radius 1 is 1.06 bits per heavy atom. The van der Waals surface area contributed by atoms with Gasteiger partial charge in [-0.2, -0.15) is 0 Å². The molecule has 0 spiro atoms. The predicted molar refractivity (Wildman–Crippen MR) is 126 cm³/mol. The van der Waals surface area contributed by atoms with Crippen LogP contribution in [0.2, 0.25) is 5.02 Å². The van der Waals surface area contributed by atoms with Crippen molar-refractivity contribution in [3.63, 3.8) is 0 Å². The number of halogens is 1. The molecule has 3 rings (SSSR count). The summed E-state index contributed by atoms with van der Waals surface area (Å²) in [5.41, 5.74) is 2.65. The van der Waals surface area contributed by atoms with Gasteiger partial charge in [-0.3, -0.25) is 0 Å². The molecule has 1 heterocycles. The van der Waals surface area contributed by atoms with Crippen LogP contribution in [0, 0.1) is 0 Å². The number of methoxy groups -OCH3 is 3. The monoisotopic (exact) mass is 457 g/mol. The second-order valence-electron chi connectivity index (χ2n) is 7.17. The highest BCUT2D eigenvalue weighted by atomic mass is 35.5. The maximum Gasteiger partial charge on any atom is 0.322 e.